The molecule has 0 aromatic heterocycles. The molecule has 2 rings (SSSR count). The van der Waals surface area contributed by atoms with Gasteiger partial charge in [-0.3, -0.25) is 14.4 Å². The standard InChI is InChI=1S/C12H14O4.C8H10O2.C4H5NO/c1-4-9(13)12(14)8-5-6-10(15-2)11(7-8)16-3;1-9-7-5-3-4-6-8(7)10-2;1-2-4(6)3-5/h5-7H,4H2,1-3H3;3-6H,1-2H3;2H2,1H3. The molecular formula is C24H29NO7. The number of ether oxygens (including phenoxy) is 4. The number of rotatable bonds is 8. The van der Waals surface area contributed by atoms with Gasteiger partial charge in [-0.2, -0.15) is 5.26 Å². The summed E-state index contributed by atoms with van der Waals surface area (Å²) in [6.07, 6.45) is 0.531. The van der Waals surface area contributed by atoms with Gasteiger partial charge in [-0.1, -0.05) is 26.0 Å². The zero-order valence-corrected chi connectivity index (χ0v) is 19.3. The van der Waals surface area contributed by atoms with Crippen LogP contribution in [0.1, 0.15) is 37.0 Å². The molecule has 0 atom stereocenters. The summed E-state index contributed by atoms with van der Waals surface area (Å²) >= 11 is 0. The molecule has 0 aliphatic rings. The minimum Gasteiger partial charge on any atom is -0.493 e. The second-order valence-corrected chi connectivity index (χ2v) is 5.92. The van der Waals surface area contributed by atoms with Crippen LogP contribution < -0.4 is 18.9 Å². The molecule has 0 saturated carbocycles. The first-order valence-electron chi connectivity index (χ1n) is 9.72. The van der Waals surface area contributed by atoms with E-state index in [9.17, 15) is 14.4 Å². The molecule has 32 heavy (non-hydrogen) atoms. The number of Topliss-reactive ketones (excluding diaryl/α,β-unsaturated/α-hetero) is 3. The minimum absolute atomic E-state index is 0.202. The van der Waals surface area contributed by atoms with Crippen LogP contribution in [0.25, 0.3) is 0 Å². The van der Waals surface area contributed by atoms with Crippen LogP contribution in [0.2, 0.25) is 0 Å². The summed E-state index contributed by atoms with van der Waals surface area (Å²) in [5, 5.41) is 7.74. The fraction of sp³-hybridized carbons (Fsp3) is 0.333. The lowest BCUT2D eigenvalue weighted by Crippen LogP contribution is -2.12. The fourth-order valence-electron chi connectivity index (χ4n) is 2.17. The third-order valence-electron chi connectivity index (χ3n) is 3.95. The first kappa shape index (κ1) is 28.1. The van der Waals surface area contributed by atoms with Gasteiger partial charge in [0, 0.05) is 18.4 Å². The molecule has 0 aliphatic heterocycles. The second-order valence-electron chi connectivity index (χ2n) is 5.92. The Balaban J connectivity index is 0.000000511. The van der Waals surface area contributed by atoms with Crippen molar-refractivity contribution in [1.29, 1.82) is 5.26 Å². The van der Waals surface area contributed by atoms with Crippen molar-refractivity contribution >= 4 is 17.3 Å². The van der Waals surface area contributed by atoms with Gasteiger partial charge in [0.25, 0.3) is 0 Å². The van der Waals surface area contributed by atoms with E-state index < -0.39 is 11.6 Å². The smallest absolute Gasteiger partial charge is 0.231 e. The number of benzene rings is 2. The van der Waals surface area contributed by atoms with E-state index in [1.807, 2.05) is 24.3 Å². The lowest BCUT2D eigenvalue weighted by atomic mass is 10.1. The quantitative estimate of drug-likeness (QED) is 0.341. The maximum Gasteiger partial charge on any atom is 0.231 e. The van der Waals surface area contributed by atoms with E-state index in [4.69, 9.17) is 24.2 Å². The molecular weight excluding hydrogens is 414 g/mol. The third-order valence-corrected chi connectivity index (χ3v) is 3.95. The molecule has 172 valence electrons. The number of para-hydroxylation sites is 2. The van der Waals surface area contributed by atoms with E-state index in [0.717, 1.165) is 11.5 Å². The summed E-state index contributed by atoms with van der Waals surface area (Å²) in [7, 11) is 6.24. The average molecular weight is 443 g/mol. The van der Waals surface area contributed by atoms with Gasteiger partial charge >= 0.3 is 0 Å². The van der Waals surface area contributed by atoms with E-state index in [1.54, 1.807) is 40.2 Å². The van der Waals surface area contributed by atoms with E-state index in [0.29, 0.717) is 23.5 Å². The molecule has 8 heteroatoms. The molecule has 0 amide bonds. The molecule has 0 fully saturated rings. The van der Waals surface area contributed by atoms with Crippen molar-refractivity contribution in [2.24, 2.45) is 0 Å². The van der Waals surface area contributed by atoms with E-state index >= 15 is 0 Å². The molecule has 0 unspecified atom stereocenters. The highest BCUT2D eigenvalue weighted by molar-refractivity contribution is 6.43. The maximum atomic E-state index is 11.6. The Hall–Kier alpha value is -3.86. The van der Waals surface area contributed by atoms with Crippen molar-refractivity contribution < 1.29 is 33.3 Å². The van der Waals surface area contributed by atoms with E-state index in [-0.39, 0.29) is 12.2 Å². The molecule has 0 spiro atoms. The number of ketones is 3. The summed E-state index contributed by atoms with van der Waals surface area (Å²) in [6.45, 7) is 3.31. The van der Waals surface area contributed by atoms with Crippen molar-refractivity contribution in [3.8, 4) is 29.1 Å². The molecule has 0 N–H and O–H groups in total. The Kier molecular flexibility index (Phi) is 14.0. The Morgan fingerprint density at radius 3 is 1.56 bits per heavy atom. The fourth-order valence-corrected chi connectivity index (χ4v) is 2.17. The zero-order valence-electron chi connectivity index (χ0n) is 19.3. The topological polar surface area (TPSA) is 112 Å². The van der Waals surface area contributed by atoms with Crippen molar-refractivity contribution in [3.05, 3.63) is 48.0 Å². The number of nitriles is 1. The van der Waals surface area contributed by atoms with Crippen molar-refractivity contribution in [1.82, 2.24) is 0 Å². The first-order valence-corrected chi connectivity index (χ1v) is 9.72. The Morgan fingerprint density at radius 2 is 1.22 bits per heavy atom. The molecule has 0 aliphatic carbocycles. The Bertz CT molecular complexity index is 909. The Morgan fingerprint density at radius 1 is 0.750 bits per heavy atom. The molecule has 8 nitrogen and oxygen atoms in total. The van der Waals surface area contributed by atoms with Gasteiger partial charge in [0.1, 0.15) is 6.07 Å². The van der Waals surface area contributed by atoms with Crippen LogP contribution in [0.4, 0.5) is 0 Å². The lowest BCUT2D eigenvalue weighted by molar-refractivity contribution is -0.115. The monoisotopic (exact) mass is 443 g/mol. The summed E-state index contributed by atoms with van der Waals surface area (Å²) in [5.41, 5.74) is 0.324. The highest BCUT2D eigenvalue weighted by Crippen LogP contribution is 2.28. The summed E-state index contributed by atoms with van der Waals surface area (Å²) in [5.74, 6) is 1.25. The normalized spacial score (nSPS) is 8.91. The molecule has 2 aromatic rings. The van der Waals surface area contributed by atoms with Crippen molar-refractivity contribution in [2.75, 3.05) is 28.4 Å². The van der Waals surface area contributed by atoms with E-state index in [1.165, 1.54) is 26.4 Å². The Labute approximate surface area is 188 Å². The zero-order chi connectivity index (χ0) is 24.5. The van der Waals surface area contributed by atoms with Gasteiger partial charge in [-0.25, -0.2) is 0 Å². The minimum atomic E-state index is -0.497. The number of carbonyl (C=O) groups is 3. The van der Waals surface area contributed by atoms with Gasteiger partial charge in [-0.15, -0.1) is 0 Å². The molecule has 0 radical (unpaired) electrons. The van der Waals surface area contributed by atoms with Gasteiger partial charge < -0.3 is 18.9 Å². The molecule has 0 heterocycles. The van der Waals surface area contributed by atoms with Crippen LogP contribution >= 0.6 is 0 Å². The van der Waals surface area contributed by atoms with E-state index in [2.05, 4.69) is 0 Å². The molecule has 0 saturated heterocycles. The number of hydrogen-bond donors (Lipinski definition) is 0. The van der Waals surface area contributed by atoms with Crippen LogP contribution in [0.15, 0.2) is 42.5 Å². The van der Waals surface area contributed by atoms with Gasteiger partial charge in [0.05, 0.1) is 28.4 Å². The second kappa shape index (κ2) is 15.9. The van der Waals surface area contributed by atoms with Gasteiger partial charge in [-0.05, 0) is 30.3 Å². The van der Waals surface area contributed by atoms with Crippen LogP contribution in [-0.2, 0) is 9.59 Å². The number of carbonyl (C=O) groups excluding carboxylic acids is 3. The van der Waals surface area contributed by atoms with Gasteiger partial charge in [0.15, 0.2) is 23.0 Å². The third kappa shape index (κ3) is 9.30. The average Bonchev–Trinajstić information content (AvgIpc) is 2.87. The maximum absolute atomic E-state index is 11.6. The first-order chi connectivity index (χ1) is 15.3. The number of hydrogen-bond acceptors (Lipinski definition) is 8. The van der Waals surface area contributed by atoms with Gasteiger partial charge in [0.2, 0.25) is 17.3 Å². The van der Waals surface area contributed by atoms with Crippen LogP contribution in [-0.4, -0.2) is 45.8 Å². The highest BCUT2D eigenvalue weighted by atomic mass is 16.5. The predicted molar refractivity (Wildman–Crippen MR) is 120 cm³/mol. The summed E-state index contributed by atoms with van der Waals surface area (Å²) in [4.78, 5) is 32.7. The largest absolute Gasteiger partial charge is 0.493 e. The SMILES string of the molecule is CCC(=O)C#N.CCC(=O)C(=O)c1ccc(OC)c(OC)c1.COc1ccccc1OC. The lowest BCUT2D eigenvalue weighted by Gasteiger charge is -2.08. The van der Waals surface area contributed by atoms with Crippen LogP contribution in [0.5, 0.6) is 23.0 Å². The predicted octanol–water partition coefficient (Wildman–Crippen LogP) is 4.06. The molecule has 0 bridgehead atoms. The highest BCUT2D eigenvalue weighted by Gasteiger charge is 2.16. The van der Waals surface area contributed by atoms with Crippen molar-refractivity contribution in [3.63, 3.8) is 0 Å². The number of methoxy groups -OCH3 is 4. The van der Waals surface area contributed by atoms with Crippen molar-refractivity contribution in [2.45, 2.75) is 26.7 Å². The van der Waals surface area contributed by atoms with Crippen LogP contribution in [0.3, 0.4) is 0 Å². The van der Waals surface area contributed by atoms with Crippen LogP contribution in [0, 0.1) is 11.3 Å². The summed E-state index contributed by atoms with van der Waals surface area (Å²) in [6, 6.07) is 13.7. The summed E-state index contributed by atoms with van der Waals surface area (Å²) < 4.78 is 20.1. The number of nitrogens with zero attached hydrogens (tertiary/aromatic N) is 1. The molecule has 2 aromatic carbocycles.